The van der Waals surface area contributed by atoms with Crippen LogP contribution >= 0.6 is 11.6 Å². The highest BCUT2D eigenvalue weighted by molar-refractivity contribution is 6.31. The van der Waals surface area contributed by atoms with Gasteiger partial charge in [0, 0.05) is 18.8 Å². The summed E-state index contributed by atoms with van der Waals surface area (Å²) >= 11 is 6.05. The van der Waals surface area contributed by atoms with Gasteiger partial charge >= 0.3 is 0 Å². The summed E-state index contributed by atoms with van der Waals surface area (Å²) in [5, 5.41) is 12.3. The van der Waals surface area contributed by atoms with Crippen LogP contribution in [0.4, 0.5) is 0 Å². The molecule has 0 bridgehead atoms. The molecule has 2 aromatic rings. The molecule has 0 saturated heterocycles. The molecule has 90 valence electrons. The molecule has 7 nitrogen and oxygen atoms in total. The Labute approximate surface area is 103 Å². The summed E-state index contributed by atoms with van der Waals surface area (Å²) in [7, 11) is 1.71. The molecule has 1 atom stereocenters. The number of rotatable bonds is 4. The second-order valence-electron chi connectivity index (χ2n) is 3.52. The Morgan fingerprint density at radius 2 is 2.41 bits per heavy atom. The van der Waals surface area contributed by atoms with Crippen molar-refractivity contribution in [2.45, 2.75) is 12.5 Å². The van der Waals surface area contributed by atoms with Crippen molar-refractivity contribution in [1.29, 1.82) is 0 Å². The molecule has 3 N–H and O–H groups in total. The third-order valence-electron chi connectivity index (χ3n) is 2.32. The number of nitrogens with zero attached hydrogens (tertiary/aromatic N) is 5. The number of hydrazine groups is 1. The summed E-state index contributed by atoms with van der Waals surface area (Å²) in [6.45, 7) is 0. The van der Waals surface area contributed by atoms with E-state index in [1.807, 2.05) is 6.07 Å². The molecule has 2 rings (SSSR count). The second-order valence-corrected chi connectivity index (χ2v) is 3.92. The summed E-state index contributed by atoms with van der Waals surface area (Å²) in [5.74, 6) is 6.12. The van der Waals surface area contributed by atoms with Crippen molar-refractivity contribution in [1.82, 2.24) is 30.6 Å². The highest BCUT2D eigenvalue weighted by atomic mass is 35.5. The molecule has 2 aromatic heterocycles. The van der Waals surface area contributed by atoms with Gasteiger partial charge in [0.1, 0.15) is 0 Å². The number of pyridine rings is 1. The van der Waals surface area contributed by atoms with Crippen molar-refractivity contribution in [3.8, 4) is 0 Å². The normalized spacial score (nSPS) is 12.6. The third kappa shape index (κ3) is 2.76. The van der Waals surface area contributed by atoms with E-state index in [0.717, 1.165) is 5.56 Å². The molecular formula is C9H12ClN7. The maximum atomic E-state index is 6.05. The van der Waals surface area contributed by atoms with Crippen LogP contribution in [-0.2, 0) is 13.5 Å². The van der Waals surface area contributed by atoms with Gasteiger partial charge in [0.05, 0.1) is 18.1 Å². The van der Waals surface area contributed by atoms with E-state index < -0.39 is 0 Å². The smallest absolute Gasteiger partial charge is 0.176 e. The van der Waals surface area contributed by atoms with Gasteiger partial charge in [-0.3, -0.25) is 16.3 Å². The van der Waals surface area contributed by atoms with Crippen LogP contribution in [0, 0.1) is 0 Å². The number of aromatic nitrogens is 5. The molecular weight excluding hydrogens is 242 g/mol. The lowest BCUT2D eigenvalue weighted by atomic mass is 10.1. The van der Waals surface area contributed by atoms with Gasteiger partial charge in [-0.1, -0.05) is 11.6 Å². The lowest BCUT2D eigenvalue weighted by Crippen LogP contribution is -2.30. The van der Waals surface area contributed by atoms with Gasteiger partial charge in [-0.15, -0.1) is 10.2 Å². The largest absolute Gasteiger partial charge is 0.271 e. The summed E-state index contributed by atoms with van der Waals surface area (Å²) in [5.41, 5.74) is 3.55. The van der Waals surface area contributed by atoms with Crippen molar-refractivity contribution >= 4 is 11.6 Å². The zero-order chi connectivity index (χ0) is 12.3. The number of nitrogens with one attached hydrogen (secondary N) is 1. The minimum Gasteiger partial charge on any atom is -0.271 e. The average Bonchev–Trinajstić information content (AvgIpc) is 2.73. The first-order chi connectivity index (χ1) is 8.20. The Balaban J connectivity index is 2.20. The zero-order valence-corrected chi connectivity index (χ0v) is 9.96. The fourth-order valence-electron chi connectivity index (χ4n) is 1.51. The van der Waals surface area contributed by atoms with Gasteiger partial charge in [-0.05, 0) is 16.8 Å². The van der Waals surface area contributed by atoms with Gasteiger partial charge in [-0.25, -0.2) is 0 Å². The van der Waals surface area contributed by atoms with Crippen LogP contribution in [0.2, 0.25) is 5.02 Å². The first kappa shape index (κ1) is 11.9. The molecule has 17 heavy (non-hydrogen) atoms. The first-order valence-electron chi connectivity index (χ1n) is 4.99. The maximum absolute atomic E-state index is 6.05. The molecule has 0 aliphatic heterocycles. The highest BCUT2D eigenvalue weighted by Gasteiger charge is 2.16. The zero-order valence-electron chi connectivity index (χ0n) is 9.21. The summed E-state index contributed by atoms with van der Waals surface area (Å²) in [6.07, 6.45) is 3.75. The van der Waals surface area contributed by atoms with Crippen LogP contribution in [0.3, 0.4) is 0 Å². The van der Waals surface area contributed by atoms with E-state index in [9.17, 15) is 0 Å². The number of aryl methyl sites for hydroxylation is 1. The Morgan fingerprint density at radius 1 is 1.59 bits per heavy atom. The average molecular weight is 254 g/mol. The van der Waals surface area contributed by atoms with Crippen LogP contribution in [0.5, 0.6) is 0 Å². The topological polar surface area (TPSA) is 94.5 Å². The summed E-state index contributed by atoms with van der Waals surface area (Å²) < 4.78 is 0. The number of hydrogen-bond donors (Lipinski definition) is 2. The Kier molecular flexibility index (Phi) is 3.62. The first-order valence-corrected chi connectivity index (χ1v) is 5.37. The molecule has 0 aliphatic rings. The fraction of sp³-hybridized carbons (Fsp3) is 0.333. The maximum Gasteiger partial charge on any atom is 0.176 e. The number of hydrogen-bond acceptors (Lipinski definition) is 6. The van der Waals surface area contributed by atoms with Crippen molar-refractivity contribution in [3.05, 3.63) is 34.9 Å². The molecule has 0 amide bonds. The number of tetrazole rings is 1. The van der Waals surface area contributed by atoms with Gasteiger partial charge < -0.3 is 0 Å². The molecule has 0 spiro atoms. The van der Waals surface area contributed by atoms with Crippen molar-refractivity contribution in [2.75, 3.05) is 0 Å². The van der Waals surface area contributed by atoms with Crippen LogP contribution < -0.4 is 11.3 Å². The second kappa shape index (κ2) is 5.17. The van der Waals surface area contributed by atoms with Crippen LogP contribution in [0.1, 0.15) is 17.4 Å². The SMILES string of the molecule is Cn1nnc(CC(NN)c2ccncc2Cl)n1. The van der Waals surface area contributed by atoms with Crippen molar-refractivity contribution in [2.24, 2.45) is 12.9 Å². The highest BCUT2D eigenvalue weighted by Crippen LogP contribution is 2.22. The predicted molar refractivity (Wildman–Crippen MR) is 61.8 cm³/mol. The number of nitrogens with two attached hydrogens (primary N) is 1. The molecule has 0 radical (unpaired) electrons. The summed E-state index contributed by atoms with van der Waals surface area (Å²) in [4.78, 5) is 5.32. The Bertz CT molecular complexity index is 498. The van der Waals surface area contributed by atoms with Crippen LogP contribution in [0.25, 0.3) is 0 Å². The van der Waals surface area contributed by atoms with Crippen molar-refractivity contribution < 1.29 is 0 Å². The van der Waals surface area contributed by atoms with Crippen molar-refractivity contribution in [3.63, 3.8) is 0 Å². The molecule has 0 aromatic carbocycles. The van der Waals surface area contributed by atoms with E-state index in [-0.39, 0.29) is 6.04 Å². The molecule has 0 saturated carbocycles. The Hall–Kier alpha value is -1.57. The monoisotopic (exact) mass is 253 g/mol. The minimum atomic E-state index is -0.172. The lowest BCUT2D eigenvalue weighted by Gasteiger charge is -2.15. The van der Waals surface area contributed by atoms with Gasteiger partial charge in [0.2, 0.25) is 0 Å². The van der Waals surface area contributed by atoms with E-state index in [2.05, 4.69) is 25.8 Å². The van der Waals surface area contributed by atoms with Gasteiger partial charge in [0.15, 0.2) is 5.82 Å². The van der Waals surface area contributed by atoms with Gasteiger partial charge in [0.25, 0.3) is 0 Å². The molecule has 8 heteroatoms. The minimum absolute atomic E-state index is 0.172. The van der Waals surface area contributed by atoms with E-state index >= 15 is 0 Å². The number of halogens is 1. The molecule has 0 fully saturated rings. The fourth-order valence-corrected chi connectivity index (χ4v) is 1.77. The van der Waals surface area contributed by atoms with Gasteiger partial charge in [-0.2, -0.15) is 4.80 Å². The lowest BCUT2D eigenvalue weighted by molar-refractivity contribution is 0.536. The van der Waals surface area contributed by atoms with Crippen LogP contribution in [0.15, 0.2) is 18.5 Å². The van der Waals surface area contributed by atoms with E-state index in [0.29, 0.717) is 17.3 Å². The molecule has 1 unspecified atom stereocenters. The Morgan fingerprint density at radius 3 is 3.00 bits per heavy atom. The molecule has 2 heterocycles. The third-order valence-corrected chi connectivity index (χ3v) is 2.63. The van der Waals surface area contributed by atoms with E-state index in [1.54, 1.807) is 19.4 Å². The summed E-state index contributed by atoms with van der Waals surface area (Å²) in [6, 6.07) is 1.64. The molecule has 0 aliphatic carbocycles. The standard InChI is InChI=1S/C9H12ClN7/c1-17-15-9(14-16-17)4-8(13-11)6-2-3-12-5-7(6)10/h2-3,5,8,13H,4,11H2,1H3. The van der Waals surface area contributed by atoms with E-state index in [1.165, 1.54) is 4.80 Å². The predicted octanol–water partition coefficient (Wildman–Crippen LogP) is 0.00560. The van der Waals surface area contributed by atoms with Crippen LogP contribution in [-0.4, -0.2) is 25.2 Å². The van der Waals surface area contributed by atoms with E-state index in [4.69, 9.17) is 17.4 Å². The quantitative estimate of drug-likeness (QED) is 0.589.